The fraction of sp³-hybridized carbons (Fsp3) is 0.0714. The molecule has 2 heterocycles. The molecule has 0 saturated heterocycles. The van der Waals surface area contributed by atoms with Crippen molar-refractivity contribution in [1.29, 1.82) is 0 Å². The minimum absolute atomic E-state index is 0.196. The number of aromatic nitrogens is 2. The largest absolute Gasteiger partial charge is 0.477 e. The monoisotopic (exact) mass is 318 g/mol. The zero-order valence-corrected chi connectivity index (χ0v) is 11.7. The first-order valence-corrected chi connectivity index (χ1v) is 6.53. The molecule has 0 spiro atoms. The Hall–Kier alpha value is -2.01. The van der Waals surface area contributed by atoms with Crippen LogP contribution in [-0.4, -0.2) is 20.6 Å². The molecular formula is C14H11BrN2O2. The number of H-pyrrole nitrogens is 1. The Labute approximate surface area is 117 Å². The van der Waals surface area contributed by atoms with E-state index in [4.69, 9.17) is 5.11 Å². The molecule has 5 heteroatoms. The number of hydrogen-bond donors (Lipinski definition) is 2. The van der Waals surface area contributed by atoms with Crippen LogP contribution in [-0.2, 0) is 7.05 Å². The van der Waals surface area contributed by atoms with Gasteiger partial charge in [-0.2, -0.15) is 0 Å². The Bertz CT molecular complexity index is 786. The summed E-state index contributed by atoms with van der Waals surface area (Å²) >= 11 is 3.54. The van der Waals surface area contributed by atoms with Gasteiger partial charge in [0.15, 0.2) is 0 Å². The Morgan fingerprint density at radius 2 is 2.11 bits per heavy atom. The molecule has 2 aromatic heterocycles. The highest BCUT2D eigenvalue weighted by atomic mass is 79.9. The van der Waals surface area contributed by atoms with Gasteiger partial charge >= 0.3 is 5.97 Å². The van der Waals surface area contributed by atoms with E-state index in [1.165, 1.54) is 0 Å². The van der Waals surface area contributed by atoms with Crippen LogP contribution in [0.2, 0.25) is 0 Å². The molecule has 0 aliphatic carbocycles. The summed E-state index contributed by atoms with van der Waals surface area (Å²) in [5.74, 6) is -0.951. The molecule has 0 amide bonds. The zero-order valence-electron chi connectivity index (χ0n) is 10.1. The third-order valence-electron chi connectivity index (χ3n) is 3.16. The molecule has 2 N–H and O–H groups in total. The van der Waals surface area contributed by atoms with Crippen molar-refractivity contribution in [2.75, 3.05) is 0 Å². The van der Waals surface area contributed by atoms with Crippen LogP contribution in [0.1, 0.15) is 10.5 Å². The third-order valence-corrected chi connectivity index (χ3v) is 3.80. The molecule has 0 atom stereocenters. The fourth-order valence-electron chi connectivity index (χ4n) is 2.31. The van der Waals surface area contributed by atoms with Gasteiger partial charge in [-0.1, -0.05) is 12.1 Å². The van der Waals surface area contributed by atoms with E-state index >= 15 is 0 Å². The van der Waals surface area contributed by atoms with Crippen molar-refractivity contribution in [2.24, 2.45) is 7.05 Å². The van der Waals surface area contributed by atoms with Crippen molar-refractivity contribution in [3.63, 3.8) is 0 Å². The SMILES string of the molecule is Cn1cc(-c2ccc(C(=O)O)[nH]2)c2cccc(Br)c21. The lowest BCUT2D eigenvalue weighted by Crippen LogP contribution is -1.95. The maximum Gasteiger partial charge on any atom is 0.352 e. The summed E-state index contributed by atoms with van der Waals surface area (Å²) in [7, 11) is 1.97. The second kappa shape index (κ2) is 4.28. The Morgan fingerprint density at radius 3 is 2.79 bits per heavy atom. The fourth-order valence-corrected chi connectivity index (χ4v) is 2.96. The first-order chi connectivity index (χ1) is 9.08. The topological polar surface area (TPSA) is 58.0 Å². The summed E-state index contributed by atoms with van der Waals surface area (Å²) in [6.07, 6.45) is 1.99. The van der Waals surface area contributed by atoms with Crippen LogP contribution in [0.4, 0.5) is 0 Å². The number of aryl methyl sites for hydroxylation is 1. The molecule has 0 aliphatic rings. The van der Waals surface area contributed by atoms with E-state index in [0.29, 0.717) is 0 Å². The number of nitrogens with one attached hydrogen (secondary N) is 1. The van der Waals surface area contributed by atoms with Crippen molar-refractivity contribution in [3.05, 3.63) is 46.7 Å². The molecule has 3 aromatic rings. The predicted octanol–water partition coefficient (Wildman–Crippen LogP) is 3.63. The van der Waals surface area contributed by atoms with E-state index in [-0.39, 0.29) is 5.69 Å². The highest BCUT2D eigenvalue weighted by Crippen LogP contribution is 2.33. The number of nitrogens with zero attached hydrogens (tertiary/aromatic N) is 1. The molecular weight excluding hydrogens is 308 g/mol. The lowest BCUT2D eigenvalue weighted by Gasteiger charge is -1.98. The number of hydrogen-bond acceptors (Lipinski definition) is 1. The molecule has 4 nitrogen and oxygen atoms in total. The molecule has 0 radical (unpaired) electrons. The number of rotatable bonds is 2. The number of aromatic carboxylic acids is 1. The number of benzene rings is 1. The highest BCUT2D eigenvalue weighted by molar-refractivity contribution is 9.10. The van der Waals surface area contributed by atoms with Crippen LogP contribution in [0, 0.1) is 0 Å². The average Bonchev–Trinajstić information content (AvgIpc) is 2.95. The quantitative estimate of drug-likeness (QED) is 0.758. The van der Waals surface area contributed by atoms with Gasteiger partial charge < -0.3 is 14.7 Å². The lowest BCUT2D eigenvalue weighted by molar-refractivity contribution is 0.0691. The van der Waals surface area contributed by atoms with Gasteiger partial charge in [0.05, 0.1) is 5.52 Å². The normalized spacial score (nSPS) is 11.1. The summed E-state index contributed by atoms with van der Waals surface area (Å²) in [5.41, 5.74) is 3.08. The maximum absolute atomic E-state index is 10.9. The van der Waals surface area contributed by atoms with E-state index in [0.717, 1.165) is 26.6 Å². The zero-order chi connectivity index (χ0) is 13.6. The molecule has 19 heavy (non-hydrogen) atoms. The van der Waals surface area contributed by atoms with Crippen LogP contribution < -0.4 is 0 Å². The van der Waals surface area contributed by atoms with Gasteiger partial charge in [-0.05, 0) is 34.1 Å². The van der Waals surface area contributed by atoms with Gasteiger partial charge in [-0.3, -0.25) is 0 Å². The molecule has 0 aliphatic heterocycles. The number of aromatic amines is 1. The molecule has 1 aromatic carbocycles. The van der Waals surface area contributed by atoms with Crippen molar-refractivity contribution >= 4 is 32.8 Å². The van der Waals surface area contributed by atoms with Gasteiger partial charge in [0, 0.05) is 34.4 Å². The van der Waals surface area contributed by atoms with Crippen molar-refractivity contribution in [1.82, 2.24) is 9.55 Å². The molecule has 3 rings (SSSR count). The van der Waals surface area contributed by atoms with Crippen molar-refractivity contribution in [2.45, 2.75) is 0 Å². The van der Waals surface area contributed by atoms with Gasteiger partial charge in [0.1, 0.15) is 5.69 Å². The van der Waals surface area contributed by atoms with Crippen molar-refractivity contribution in [3.8, 4) is 11.3 Å². The molecule has 0 saturated carbocycles. The summed E-state index contributed by atoms with van der Waals surface area (Å²) in [6, 6.07) is 9.35. The number of halogens is 1. The summed E-state index contributed by atoms with van der Waals surface area (Å²) in [5, 5.41) is 10.0. The second-order valence-corrected chi connectivity index (χ2v) is 5.23. The average molecular weight is 319 g/mol. The smallest absolute Gasteiger partial charge is 0.352 e. The van der Waals surface area contributed by atoms with Gasteiger partial charge in [0.25, 0.3) is 0 Å². The number of carbonyl (C=O) groups is 1. The van der Waals surface area contributed by atoms with Gasteiger partial charge in [0.2, 0.25) is 0 Å². The molecule has 0 fully saturated rings. The van der Waals surface area contributed by atoms with Gasteiger partial charge in [-0.15, -0.1) is 0 Å². The summed E-state index contributed by atoms with van der Waals surface area (Å²) < 4.78 is 3.04. The van der Waals surface area contributed by atoms with E-state index in [1.807, 2.05) is 36.0 Å². The maximum atomic E-state index is 10.9. The predicted molar refractivity (Wildman–Crippen MR) is 77.4 cm³/mol. The van der Waals surface area contributed by atoms with E-state index in [9.17, 15) is 4.79 Å². The van der Waals surface area contributed by atoms with Crippen LogP contribution in [0.5, 0.6) is 0 Å². The van der Waals surface area contributed by atoms with Crippen LogP contribution >= 0.6 is 15.9 Å². The minimum Gasteiger partial charge on any atom is -0.477 e. The Morgan fingerprint density at radius 1 is 1.32 bits per heavy atom. The number of carboxylic acid groups (broad SMARTS) is 1. The minimum atomic E-state index is -0.951. The molecule has 0 unspecified atom stereocenters. The second-order valence-electron chi connectivity index (χ2n) is 4.38. The number of para-hydroxylation sites is 1. The Kier molecular flexibility index (Phi) is 2.71. The van der Waals surface area contributed by atoms with Crippen LogP contribution in [0.25, 0.3) is 22.2 Å². The van der Waals surface area contributed by atoms with Crippen molar-refractivity contribution < 1.29 is 9.90 Å². The van der Waals surface area contributed by atoms with Crippen LogP contribution in [0.15, 0.2) is 41.0 Å². The standard InChI is InChI=1S/C14H11BrN2O2/c1-17-7-9(8-3-2-4-10(15)13(8)17)11-5-6-12(16-11)14(18)19/h2-7,16H,1H3,(H,18,19). The third kappa shape index (κ3) is 1.86. The lowest BCUT2D eigenvalue weighted by atomic mass is 10.1. The highest BCUT2D eigenvalue weighted by Gasteiger charge is 2.13. The van der Waals surface area contributed by atoms with Gasteiger partial charge in [-0.25, -0.2) is 4.79 Å². The summed E-state index contributed by atoms with van der Waals surface area (Å²) in [6.45, 7) is 0. The van der Waals surface area contributed by atoms with E-state index < -0.39 is 5.97 Å². The van der Waals surface area contributed by atoms with E-state index in [2.05, 4.69) is 20.9 Å². The Balaban J connectivity index is 2.25. The number of fused-ring (bicyclic) bond motifs is 1. The molecule has 0 bridgehead atoms. The number of carboxylic acids is 1. The first-order valence-electron chi connectivity index (χ1n) is 5.74. The van der Waals surface area contributed by atoms with E-state index in [1.54, 1.807) is 12.1 Å². The van der Waals surface area contributed by atoms with Crippen LogP contribution in [0.3, 0.4) is 0 Å². The molecule has 96 valence electrons. The summed E-state index contributed by atoms with van der Waals surface area (Å²) in [4.78, 5) is 13.9. The first kappa shape index (κ1) is 12.0.